The Morgan fingerprint density at radius 3 is 2.56 bits per heavy atom. The quantitative estimate of drug-likeness (QED) is 0.747. The molecule has 1 aromatic heterocycles. The van der Waals surface area contributed by atoms with E-state index in [-0.39, 0.29) is 17.5 Å². The number of benzene rings is 1. The smallest absolute Gasteiger partial charge is 0.364 e. The lowest BCUT2D eigenvalue weighted by molar-refractivity contribution is -0.136. The van der Waals surface area contributed by atoms with Crippen LogP contribution in [-0.2, 0) is 14.3 Å². The zero-order valence-corrected chi connectivity index (χ0v) is 15.3. The van der Waals surface area contributed by atoms with Crippen LogP contribution in [0.2, 0.25) is 0 Å². The highest BCUT2D eigenvalue weighted by molar-refractivity contribution is 5.92. The zero-order chi connectivity index (χ0) is 19.4. The molecule has 0 fully saturated rings. The van der Waals surface area contributed by atoms with Gasteiger partial charge < -0.3 is 9.47 Å². The van der Waals surface area contributed by atoms with Gasteiger partial charge in [0.2, 0.25) is 0 Å². The molecule has 3 rings (SSSR count). The molecule has 27 heavy (non-hydrogen) atoms. The van der Waals surface area contributed by atoms with E-state index in [1.54, 1.807) is 0 Å². The molecule has 6 nitrogen and oxygen atoms in total. The fraction of sp³-hybridized carbons (Fsp3) is 0.350. The molecule has 1 aliphatic carbocycles. The number of rotatable bonds is 5. The molecule has 1 aliphatic rings. The number of aromatic nitrogens is 2. The largest absolute Gasteiger partial charge is 0.466 e. The summed E-state index contributed by atoms with van der Waals surface area (Å²) in [5, 5.41) is 4.01. The predicted molar refractivity (Wildman–Crippen MR) is 95.4 cm³/mol. The van der Waals surface area contributed by atoms with Crippen LogP contribution in [0.1, 0.15) is 54.7 Å². The number of carbonyl (C=O) groups excluding carboxylic acids is 2. The average molecular weight is 372 g/mol. The summed E-state index contributed by atoms with van der Waals surface area (Å²) in [6.45, 7) is 1.82. The van der Waals surface area contributed by atoms with Crippen molar-refractivity contribution in [3.05, 3.63) is 64.9 Å². The maximum atomic E-state index is 14.3. The van der Waals surface area contributed by atoms with Crippen LogP contribution in [-0.4, -0.2) is 28.8 Å². The fourth-order valence-electron chi connectivity index (χ4n) is 3.19. The van der Waals surface area contributed by atoms with Gasteiger partial charge in [0.15, 0.2) is 11.5 Å². The van der Waals surface area contributed by atoms with Crippen molar-refractivity contribution in [2.45, 2.75) is 38.6 Å². The Hall–Kier alpha value is -2.96. The van der Waals surface area contributed by atoms with Crippen molar-refractivity contribution < 1.29 is 23.5 Å². The molecule has 0 unspecified atom stereocenters. The number of nitrogens with zero attached hydrogens (tertiary/aromatic N) is 2. The molecule has 7 heteroatoms. The van der Waals surface area contributed by atoms with Gasteiger partial charge in [-0.25, -0.2) is 18.7 Å². The molecule has 0 saturated carbocycles. The summed E-state index contributed by atoms with van der Waals surface area (Å²) < 4.78 is 25.8. The number of allylic oxidation sites excluding steroid dienone is 1. The minimum atomic E-state index is -0.869. The fourth-order valence-corrected chi connectivity index (χ4v) is 3.19. The molecule has 0 radical (unpaired) electrons. The van der Waals surface area contributed by atoms with Gasteiger partial charge in [-0.2, -0.15) is 5.10 Å². The second kappa shape index (κ2) is 8.16. The topological polar surface area (TPSA) is 70.4 Å². The van der Waals surface area contributed by atoms with Gasteiger partial charge in [-0.05, 0) is 31.7 Å². The van der Waals surface area contributed by atoms with Gasteiger partial charge in [0.05, 0.1) is 24.9 Å². The van der Waals surface area contributed by atoms with Gasteiger partial charge >= 0.3 is 11.9 Å². The number of methoxy groups -OCH3 is 1. The van der Waals surface area contributed by atoms with Crippen LogP contribution in [0.5, 0.6) is 0 Å². The van der Waals surface area contributed by atoms with Crippen LogP contribution in [0.3, 0.4) is 0 Å². The van der Waals surface area contributed by atoms with E-state index in [9.17, 15) is 14.0 Å². The minimum absolute atomic E-state index is 0.248. The monoisotopic (exact) mass is 372 g/mol. The van der Waals surface area contributed by atoms with E-state index in [2.05, 4.69) is 5.10 Å². The van der Waals surface area contributed by atoms with Gasteiger partial charge in [0.1, 0.15) is 5.76 Å². The highest BCUT2D eigenvalue weighted by Gasteiger charge is 2.28. The Bertz CT molecular complexity index is 873. The Balaban J connectivity index is 1.90. The summed E-state index contributed by atoms with van der Waals surface area (Å²) in [5.74, 6) is -1.91. The van der Waals surface area contributed by atoms with E-state index in [1.807, 2.05) is 37.3 Å². The summed E-state index contributed by atoms with van der Waals surface area (Å²) in [6.07, 6.45) is 3.48. The van der Waals surface area contributed by atoms with E-state index >= 15 is 0 Å². The summed E-state index contributed by atoms with van der Waals surface area (Å²) in [6, 6.07) is 8.98. The highest BCUT2D eigenvalue weighted by Crippen LogP contribution is 2.28. The molecular weight excluding hydrogens is 351 g/mol. The number of ether oxygens (including phenoxy) is 2. The molecule has 0 bridgehead atoms. The van der Waals surface area contributed by atoms with Crippen molar-refractivity contribution in [3.8, 4) is 0 Å². The zero-order valence-electron chi connectivity index (χ0n) is 15.3. The Morgan fingerprint density at radius 1 is 1.15 bits per heavy atom. The molecule has 0 aliphatic heterocycles. The Kier molecular flexibility index (Phi) is 5.69. The first-order chi connectivity index (χ1) is 13.0. The first kappa shape index (κ1) is 18.8. The lowest BCUT2D eigenvalue weighted by atomic mass is 9.98. The van der Waals surface area contributed by atoms with E-state index in [4.69, 9.17) is 9.47 Å². The van der Waals surface area contributed by atoms with E-state index < -0.39 is 17.8 Å². The van der Waals surface area contributed by atoms with Crippen LogP contribution in [0.4, 0.5) is 4.39 Å². The number of hydrogen-bond donors (Lipinski definition) is 0. The predicted octanol–water partition coefficient (Wildman–Crippen LogP) is 3.79. The Labute approximate surface area is 156 Å². The van der Waals surface area contributed by atoms with Crippen LogP contribution in [0, 0.1) is 5.82 Å². The van der Waals surface area contributed by atoms with Crippen molar-refractivity contribution in [2.24, 2.45) is 0 Å². The van der Waals surface area contributed by atoms with Crippen molar-refractivity contribution in [1.29, 1.82) is 0 Å². The summed E-state index contributed by atoms with van der Waals surface area (Å²) >= 11 is 0. The van der Waals surface area contributed by atoms with Crippen molar-refractivity contribution >= 4 is 11.9 Å². The lowest BCUT2D eigenvalue weighted by Crippen LogP contribution is -2.20. The van der Waals surface area contributed by atoms with E-state index in [0.717, 1.165) is 24.6 Å². The molecule has 0 saturated heterocycles. The maximum Gasteiger partial charge on any atom is 0.364 e. The first-order valence-corrected chi connectivity index (χ1v) is 8.83. The van der Waals surface area contributed by atoms with Gasteiger partial charge in [0, 0.05) is 6.42 Å². The highest BCUT2D eigenvalue weighted by atomic mass is 19.1. The van der Waals surface area contributed by atoms with Crippen molar-refractivity contribution in [2.75, 3.05) is 7.11 Å². The Morgan fingerprint density at radius 2 is 1.85 bits per heavy atom. The maximum absolute atomic E-state index is 14.3. The van der Waals surface area contributed by atoms with Crippen LogP contribution in [0.15, 0.2) is 47.9 Å². The third kappa shape index (κ3) is 3.92. The number of carbonyl (C=O) groups is 2. The van der Waals surface area contributed by atoms with Crippen molar-refractivity contribution in [3.63, 3.8) is 0 Å². The molecule has 0 amide bonds. The van der Waals surface area contributed by atoms with Gasteiger partial charge in [-0.15, -0.1) is 0 Å². The second-order valence-corrected chi connectivity index (χ2v) is 6.36. The molecule has 0 N–H and O–H groups in total. The third-order valence-corrected chi connectivity index (χ3v) is 4.66. The third-order valence-electron chi connectivity index (χ3n) is 4.66. The average Bonchev–Trinajstić information content (AvgIpc) is 3.09. The molecule has 1 heterocycles. The van der Waals surface area contributed by atoms with E-state index in [0.29, 0.717) is 18.4 Å². The molecular formula is C20H21FN2O4. The molecule has 1 atom stereocenters. The van der Waals surface area contributed by atoms with E-state index in [1.165, 1.54) is 11.8 Å². The van der Waals surface area contributed by atoms with Crippen LogP contribution >= 0.6 is 0 Å². The van der Waals surface area contributed by atoms with Crippen molar-refractivity contribution in [1.82, 2.24) is 9.78 Å². The number of esters is 2. The first-order valence-electron chi connectivity index (χ1n) is 8.83. The summed E-state index contributed by atoms with van der Waals surface area (Å²) in [5.41, 5.74) is 0.940. The van der Waals surface area contributed by atoms with Gasteiger partial charge in [0.25, 0.3) is 0 Å². The van der Waals surface area contributed by atoms with Gasteiger partial charge in [-0.3, -0.25) is 0 Å². The normalized spacial score (nSPS) is 15.4. The molecule has 0 spiro atoms. The SMILES string of the molecule is COC(=O)C1=C(OC(=O)c2c(F)cnn2[C@H](C)c2ccccc2)CCCC1. The lowest BCUT2D eigenvalue weighted by Gasteiger charge is -2.19. The second-order valence-electron chi connectivity index (χ2n) is 6.36. The summed E-state index contributed by atoms with van der Waals surface area (Å²) in [4.78, 5) is 24.6. The summed E-state index contributed by atoms with van der Waals surface area (Å²) in [7, 11) is 1.28. The molecule has 1 aromatic carbocycles. The van der Waals surface area contributed by atoms with Crippen LogP contribution < -0.4 is 0 Å². The number of halogens is 1. The molecule has 2 aromatic rings. The molecule has 142 valence electrons. The standard InChI is InChI=1S/C20H21FN2O4/c1-13(14-8-4-3-5-9-14)23-18(16(21)12-22-23)20(25)27-17-11-7-6-10-15(17)19(24)26-2/h3-5,8-9,12-13H,6-7,10-11H2,1-2H3/t13-/m1/s1. The van der Waals surface area contributed by atoms with Gasteiger partial charge in [-0.1, -0.05) is 30.3 Å². The number of hydrogen-bond acceptors (Lipinski definition) is 5. The van der Waals surface area contributed by atoms with Crippen LogP contribution in [0.25, 0.3) is 0 Å². The minimum Gasteiger partial charge on any atom is -0.466 e.